The molecule has 5 heteroatoms. The normalized spacial score (nSPS) is 23.1. The molecule has 2 aliphatic rings. The van der Waals surface area contributed by atoms with Gasteiger partial charge in [0.15, 0.2) is 0 Å². The SMILES string of the molecule is Oc1c(Br)cccc1[C@@H](C1CCOCC1)N1CCNCC1. The van der Waals surface area contributed by atoms with Gasteiger partial charge in [0, 0.05) is 51.0 Å². The zero-order chi connectivity index (χ0) is 14.7. The molecular weight excluding hydrogens is 332 g/mol. The third-order valence-electron chi connectivity index (χ3n) is 4.59. The van der Waals surface area contributed by atoms with Gasteiger partial charge in [0.2, 0.25) is 0 Å². The Hall–Kier alpha value is -0.620. The van der Waals surface area contributed by atoms with E-state index in [2.05, 4.69) is 32.2 Å². The molecule has 1 aromatic carbocycles. The summed E-state index contributed by atoms with van der Waals surface area (Å²) in [6.07, 6.45) is 2.14. The van der Waals surface area contributed by atoms with Gasteiger partial charge in [-0.25, -0.2) is 0 Å². The van der Waals surface area contributed by atoms with Crippen LogP contribution in [0.25, 0.3) is 0 Å². The standard InChI is InChI=1S/C16H23BrN2O2/c17-14-3-1-2-13(16(14)20)15(12-4-10-21-11-5-12)19-8-6-18-7-9-19/h1-3,12,15,18,20H,4-11H2/t15-/m1/s1. The number of piperazine rings is 1. The number of benzene rings is 1. The highest BCUT2D eigenvalue weighted by molar-refractivity contribution is 9.10. The quantitative estimate of drug-likeness (QED) is 0.875. The third-order valence-corrected chi connectivity index (χ3v) is 5.23. The van der Waals surface area contributed by atoms with E-state index in [9.17, 15) is 5.11 Å². The van der Waals surface area contributed by atoms with Crippen molar-refractivity contribution >= 4 is 15.9 Å². The molecule has 3 rings (SSSR count). The monoisotopic (exact) mass is 354 g/mol. The fraction of sp³-hybridized carbons (Fsp3) is 0.625. The first kappa shape index (κ1) is 15.3. The molecule has 2 heterocycles. The van der Waals surface area contributed by atoms with Crippen LogP contribution in [0, 0.1) is 5.92 Å². The van der Waals surface area contributed by atoms with E-state index in [1.54, 1.807) is 0 Å². The van der Waals surface area contributed by atoms with Crippen LogP contribution in [0.4, 0.5) is 0 Å². The van der Waals surface area contributed by atoms with Gasteiger partial charge in [0.05, 0.1) is 4.47 Å². The third kappa shape index (κ3) is 3.42. The summed E-state index contributed by atoms with van der Waals surface area (Å²) in [5.74, 6) is 0.949. The van der Waals surface area contributed by atoms with Crippen molar-refractivity contribution in [1.82, 2.24) is 10.2 Å². The van der Waals surface area contributed by atoms with Gasteiger partial charge in [-0.2, -0.15) is 0 Å². The molecule has 0 amide bonds. The van der Waals surface area contributed by atoms with Crippen molar-refractivity contribution in [2.24, 2.45) is 5.92 Å². The summed E-state index contributed by atoms with van der Waals surface area (Å²) in [7, 11) is 0. The summed E-state index contributed by atoms with van der Waals surface area (Å²) in [5.41, 5.74) is 1.05. The van der Waals surface area contributed by atoms with Gasteiger partial charge in [-0.15, -0.1) is 0 Å². The molecule has 21 heavy (non-hydrogen) atoms. The molecule has 1 atom stereocenters. The molecule has 0 aromatic heterocycles. The number of nitrogens with zero attached hydrogens (tertiary/aromatic N) is 1. The molecular formula is C16H23BrN2O2. The van der Waals surface area contributed by atoms with E-state index in [0.29, 0.717) is 11.7 Å². The minimum Gasteiger partial charge on any atom is -0.506 e. The summed E-state index contributed by atoms with van der Waals surface area (Å²) in [6.45, 7) is 5.79. The second-order valence-electron chi connectivity index (χ2n) is 5.86. The largest absolute Gasteiger partial charge is 0.506 e. The van der Waals surface area contributed by atoms with Crippen LogP contribution in [0.3, 0.4) is 0 Å². The zero-order valence-electron chi connectivity index (χ0n) is 12.2. The van der Waals surface area contributed by atoms with Crippen LogP contribution in [0.5, 0.6) is 5.75 Å². The summed E-state index contributed by atoms with van der Waals surface area (Å²) in [4.78, 5) is 2.52. The second kappa shape index (κ2) is 7.09. The number of aromatic hydroxyl groups is 1. The number of hydrogen-bond donors (Lipinski definition) is 2. The molecule has 2 fully saturated rings. The van der Waals surface area contributed by atoms with Crippen LogP contribution in [0.1, 0.15) is 24.4 Å². The van der Waals surface area contributed by atoms with Gasteiger partial charge in [-0.05, 0) is 40.8 Å². The van der Waals surface area contributed by atoms with Crippen molar-refractivity contribution in [1.29, 1.82) is 0 Å². The van der Waals surface area contributed by atoms with E-state index >= 15 is 0 Å². The lowest BCUT2D eigenvalue weighted by Gasteiger charge is -2.41. The molecule has 0 aliphatic carbocycles. The van der Waals surface area contributed by atoms with Crippen LogP contribution in [0.2, 0.25) is 0 Å². The molecule has 4 nitrogen and oxygen atoms in total. The Labute approximate surface area is 134 Å². The molecule has 2 N–H and O–H groups in total. The smallest absolute Gasteiger partial charge is 0.134 e. The van der Waals surface area contributed by atoms with Gasteiger partial charge in [0.25, 0.3) is 0 Å². The maximum Gasteiger partial charge on any atom is 0.134 e. The number of rotatable bonds is 3. The lowest BCUT2D eigenvalue weighted by Crippen LogP contribution is -2.47. The molecule has 0 unspecified atom stereocenters. The van der Waals surface area contributed by atoms with E-state index < -0.39 is 0 Å². The molecule has 116 valence electrons. The topological polar surface area (TPSA) is 44.7 Å². The molecule has 0 saturated carbocycles. The summed E-state index contributed by atoms with van der Waals surface area (Å²) < 4.78 is 6.31. The predicted octanol–water partition coefficient (Wildman–Crippen LogP) is 2.53. The van der Waals surface area contributed by atoms with Crippen molar-refractivity contribution in [2.45, 2.75) is 18.9 Å². The van der Waals surface area contributed by atoms with Crippen LogP contribution in [0.15, 0.2) is 22.7 Å². The van der Waals surface area contributed by atoms with E-state index in [-0.39, 0.29) is 6.04 Å². The zero-order valence-corrected chi connectivity index (χ0v) is 13.8. The van der Waals surface area contributed by atoms with Gasteiger partial charge in [-0.1, -0.05) is 12.1 Å². The molecule has 0 spiro atoms. The van der Waals surface area contributed by atoms with Crippen LogP contribution >= 0.6 is 15.9 Å². The van der Waals surface area contributed by atoms with Crippen molar-refractivity contribution in [2.75, 3.05) is 39.4 Å². The Bertz CT molecular complexity index is 453. The first-order chi connectivity index (χ1) is 10.3. The Morgan fingerprint density at radius 3 is 2.67 bits per heavy atom. The van der Waals surface area contributed by atoms with Crippen LogP contribution in [-0.4, -0.2) is 49.4 Å². The highest BCUT2D eigenvalue weighted by atomic mass is 79.9. The highest BCUT2D eigenvalue weighted by Gasteiger charge is 2.33. The van der Waals surface area contributed by atoms with E-state index in [0.717, 1.165) is 62.3 Å². The van der Waals surface area contributed by atoms with Crippen molar-refractivity contribution in [3.63, 3.8) is 0 Å². The second-order valence-corrected chi connectivity index (χ2v) is 6.71. The maximum absolute atomic E-state index is 10.5. The number of phenolic OH excluding ortho intramolecular Hbond substituents is 1. The number of halogens is 1. The Balaban J connectivity index is 1.91. The van der Waals surface area contributed by atoms with Crippen LogP contribution in [-0.2, 0) is 4.74 Å². The number of ether oxygens (including phenoxy) is 1. The van der Waals surface area contributed by atoms with Gasteiger partial charge >= 0.3 is 0 Å². The molecule has 2 saturated heterocycles. The lowest BCUT2D eigenvalue weighted by molar-refractivity contribution is 0.0206. The average molecular weight is 355 g/mol. The lowest BCUT2D eigenvalue weighted by atomic mass is 9.85. The maximum atomic E-state index is 10.5. The average Bonchev–Trinajstić information content (AvgIpc) is 2.54. The predicted molar refractivity (Wildman–Crippen MR) is 86.5 cm³/mol. The van der Waals surface area contributed by atoms with Crippen molar-refractivity contribution < 1.29 is 9.84 Å². The first-order valence-corrected chi connectivity index (χ1v) is 8.56. The highest BCUT2D eigenvalue weighted by Crippen LogP contribution is 2.41. The van der Waals surface area contributed by atoms with E-state index in [1.165, 1.54) is 0 Å². The molecule has 1 aromatic rings. The number of nitrogens with one attached hydrogen (secondary N) is 1. The fourth-order valence-electron chi connectivity index (χ4n) is 3.51. The number of para-hydroxylation sites is 1. The van der Waals surface area contributed by atoms with Crippen molar-refractivity contribution in [3.8, 4) is 5.75 Å². The molecule has 0 radical (unpaired) electrons. The number of phenols is 1. The molecule has 2 aliphatic heterocycles. The molecule has 0 bridgehead atoms. The minimum atomic E-state index is 0.286. The summed E-state index contributed by atoms with van der Waals surface area (Å²) in [6, 6.07) is 6.28. The number of hydrogen-bond acceptors (Lipinski definition) is 4. The fourth-order valence-corrected chi connectivity index (χ4v) is 3.89. The first-order valence-electron chi connectivity index (χ1n) is 7.77. The van der Waals surface area contributed by atoms with Crippen molar-refractivity contribution in [3.05, 3.63) is 28.2 Å². The Morgan fingerprint density at radius 1 is 1.24 bits per heavy atom. The van der Waals surface area contributed by atoms with E-state index in [1.807, 2.05) is 12.1 Å². The van der Waals surface area contributed by atoms with Crippen LogP contribution < -0.4 is 5.32 Å². The van der Waals surface area contributed by atoms with Gasteiger partial charge in [0.1, 0.15) is 5.75 Å². The summed E-state index contributed by atoms with van der Waals surface area (Å²) in [5, 5.41) is 13.9. The Morgan fingerprint density at radius 2 is 1.95 bits per heavy atom. The van der Waals surface area contributed by atoms with E-state index in [4.69, 9.17) is 4.74 Å². The van der Waals surface area contributed by atoms with Gasteiger partial charge < -0.3 is 15.2 Å². The minimum absolute atomic E-state index is 0.286. The summed E-state index contributed by atoms with van der Waals surface area (Å²) >= 11 is 3.46. The Kier molecular flexibility index (Phi) is 5.16. The van der Waals surface area contributed by atoms with Gasteiger partial charge in [-0.3, -0.25) is 4.90 Å².